The zero-order valence-corrected chi connectivity index (χ0v) is 16.1. The number of carbonyl (C=O) groups is 1. The molecule has 1 aromatic rings. The van der Waals surface area contributed by atoms with Gasteiger partial charge in [-0.25, -0.2) is 4.79 Å². The minimum Gasteiger partial charge on any atom is -0.493 e. The first-order valence-corrected chi connectivity index (χ1v) is 9.27. The molecule has 1 aromatic carbocycles. The number of ether oxygens (including phenoxy) is 4. The fraction of sp³-hybridized carbons (Fsp3) is 0.650. The standard InChI is InChI=1S/C20H29NO5/c1-21-9-8-15-13(12-21)6-5-7-16(15)26-20(22)14-10-17(23-2)19(25-4)18(11-14)24-3/h10-11,13,15-16H,5-9,12H2,1-4H3/t13-,15-,16?/m0/s1. The van der Waals surface area contributed by atoms with E-state index in [0.717, 1.165) is 32.4 Å². The SMILES string of the molecule is COc1cc(C(=O)OC2CCC[C@H]3CN(C)CC[C@H]23)cc(OC)c1OC. The molecule has 6 nitrogen and oxygen atoms in total. The van der Waals surface area contributed by atoms with Gasteiger partial charge in [-0.2, -0.15) is 0 Å². The van der Waals surface area contributed by atoms with Gasteiger partial charge in [0.25, 0.3) is 0 Å². The van der Waals surface area contributed by atoms with Gasteiger partial charge >= 0.3 is 5.97 Å². The molecule has 26 heavy (non-hydrogen) atoms. The first-order chi connectivity index (χ1) is 12.6. The highest BCUT2D eigenvalue weighted by Gasteiger charge is 2.38. The van der Waals surface area contributed by atoms with Crippen molar-refractivity contribution in [3.05, 3.63) is 17.7 Å². The lowest BCUT2D eigenvalue weighted by Crippen LogP contribution is -2.46. The number of likely N-dealkylation sites (tertiary alicyclic amines) is 1. The molecule has 2 fully saturated rings. The average molecular weight is 363 g/mol. The van der Waals surface area contributed by atoms with E-state index < -0.39 is 0 Å². The molecule has 1 saturated carbocycles. The van der Waals surface area contributed by atoms with E-state index in [1.165, 1.54) is 20.6 Å². The Balaban J connectivity index is 1.77. The summed E-state index contributed by atoms with van der Waals surface area (Å²) in [5.41, 5.74) is 0.426. The van der Waals surface area contributed by atoms with Gasteiger partial charge in [0.1, 0.15) is 6.10 Å². The molecule has 3 atom stereocenters. The van der Waals surface area contributed by atoms with Crippen LogP contribution >= 0.6 is 0 Å². The van der Waals surface area contributed by atoms with E-state index in [0.29, 0.717) is 34.6 Å². The van der Waals surface area contributed by atoms with Crippen LogP contribution in [-0.4, -0.2) is 58.4 Å². The van der Waals surface area contributed by atoms with Crippen molar-refractivity contribution >= 4 is 5.97 Å². The maximum absolute atomic E-state index is 12.8. The van der Waals surface area contributed by atoms with E-state index in [4.69, 9.17) is 18.9 Å². The molecule has 3 rings (SSSR count). The molecule has 1 saturated heterocycles. The number of carbonyl (C=O) groups excluding carboxylic acids is 1. The molecule has 2 aliphatic rings. The van der Waals surface area contributed by atoms with Gasteiger partial charge in [0.15, 0.2) is 11.5 Å². The van der Waals surface area contributed by atoms with Crippen LogP contribution in [0.25, 0.3) is 0 Å². The van der Waals surface area contributed by atoms with Crippen molar-refractivity contribution in [2.45, 2.75) is 31.8 Å². The Morgan fingerprint density at radius 1 is 1.04 bits per heavy atom. The monoisotopic (exact) mass is 363 g/mol. The maximum Gasteiger partial charge on any atom is 0.338 e. The third-order valence-electron chi connectivity index (χ3n) is 5.70. The molecule has 1 aliphatic heterocycles. The highest BCUT2D eigenvalue weighted by molar-refractivity contribution is 5.91. The Bertz CT molecular complexity index is 622. The molecule has 1 heterocycles. The highest BCUT2D eigenvalue weighted by atomic mass is 16.5. The molecule has 6 heteroatoms. The van der Waals surface area contributed by atoms with Crippen molar-refractivity contribution in [3.8, 4) is 17.2 Å². The summed E-state index contributed by atoms with van der Waals surface area (Å²) in [5.74, 6) is 2.15. The molecule has 0 aromatic heterocycles. The van der Waals surface area contributed by atoms with Gasteiger partial charge in [0.05, 0.1) is 26.9 Å². The van der Waals surface area contributed by atoms with Gasteiger partial charge in [0, 0.05) is 12.5 Å². The van der Waals surface area contributed by atoms with E-state index in [-0.39, 0.29) is 12.1 Å². The lowest BCUT2D eigenvalue weighted by Gasteiger charge is -2.43. The number of nitrogens with zero attached hydrogens (tertiary/aromatic N) is 1. The van der Waals surface area contributed by atoms with Crippen LogP contribution in [-0.2, 0) is 4.74 Å². The third-order valence-corrected chi connectivity index (χ3v) is 5.70. The van der Waals surface area contributed by atoms with E-state index in [9.17, 15) is 4.79 Å². The Hall–Kier alpha value is -1.95. The van der Waals surface area contributed by atoms with Gasteiger partial charge in [-0.15, -0.1) is 0 Å². The van der Waals surface area contributed by atoms with Crippen LogP contribution < -0.4 is 14.2 Å². The van der Waals surface area contributed by atoms with Crippen molar-refractivity contribution in [1.82, 2.24) is 4.90 Å². The molecule has 0 N–H and O–H groups in total. The smallest absolute Gasteiger partial charge is 0.338 e. The average Bonchev–Trinajstić information content (AvgIpc) is 2.66. The van der Waals surface area contributed by atoms with E-state index in [1.807, 2.05) is 0 Å². The predicted molar refractivity (Wildman–Crippen MR) is 98.2 cm³/mol. The first-order valence-electron chi connectivity index (χ1n) is 9.27. The summed E-state index contributed by atoms with van der Waals surface area (Å²) >= 11 is 0. The van der Waals surface area contributed by atoms with Crippen LogP contribution in [0.4, 0.5) is 0 Å². The number of hydrogen-bond acceptors (Lipinski definition) is 6. The number of rotatable bonds is 5. The lowest BCUT2D eigenvalue weighted by molar-refractivity contribution is -0.0351. The normalized spacial score (nSPS) is 25.9. The number of methoxy groups -OCH3 is 3. The van der Waals surface area contributed by atoms with Crippen LogP contribution in [0.5, 0.6) is 17.2 Å². The largest absolute Gasteiger partial charge is 0.493 e. The number of fused-ring (bicyclic) bond motifs is 1. The summed E-state index contributed by atoms with van der Waals surface area (Å²) in [5, 5.41) is 0. The maximum atomic E-state index is 12.8. The van der Waals surface area contributed by atoms with Crippen molar-refractivity contribution in [2.75, 3.05) is 41.5 Å². The van der Waals surface area contributed by atoms with Crippen LogP contribution in [0.1, 0.15) is 36.0 Å². The summed E-state index contributed by atoms with van der Waals surface area (Å²) in [7, 11) is 6.79. The molecule has 144 valence electrons. The van der Waals surface area contributed by atoms with Gasteiger partial charge in [-0.05, 0) is 57.3 Å². The van der Waals surface area contributed by atoms with Crippen LogP contribution in [0.15, 0.2) is 12.1 Å². The predicted octanol–water partition coefficient (Wildman–Crippen LogP) is 2.99. The molecular weight excluding hydrogens is 334 g/mol. The first kappa shape index (κ1) is 18.8. The topological polar surface area (TPSA) is 57.2 Å². The summed E-state index contributed by atoms with van der Waals surface area (Å²) in [6.45, 7) is 2.17. The van der Waals surface area contributed by atoms with Gasteiger partial charge in [0.2, 0.25) is 5.75 Å². The highest BCUT2D eigenvalue weighted by Crippen LogP contribution is 2.40. The minimum atomic E-state index is -0.325. The number of esters is 1. The summed E-state index contributed by atoms with van der Waals surface area (Å²) in [6, 6.07) is 3.30. The quantitative estimate of drug-likeness (QED) is 0.750. The second kappa shape index (κ2) is 8.16. The van der Waals surface area contributed by atoms with Crippen LogP contribution in [0, 0.1) is 11.8 Å². The zero-order chi connectivity index (χ0) is 18.7. The second-order valence-electron chi connectivity index (χ2n) is 7.26. The van der Waals surface area contributed by atoms with E-state index in [2.05, 4.69) is 11.9 Å². The fourth-order valence-corrected chi connectivity index (χ4v) is 4.37. The number of hydrogen-bond donors (Lipinski definition) is 0. The molecule has 0 radical (unpaired) electrons. The Morgan fingerprint density at radius 3 is 2.35 bits per heavy atom. The van der Waals surface area contributed by atoms with E-state index >= 15 is 0 Å². The zero-order valence-electron chi connectivity index (χ0n) is 16.1. The van der Waals surface area contributed by atoms with Crippen LogP contribution in [0.3, 0.4) is 0 Å². The molecule has 0 bridgehead atoms. The van der Waals surface area contributed by atoms with Crippen molar-refractivity contribution < 1.29 is 23.7 Å². The van der Waals surface area contributed by atoms with E-state index in [1.54, 1.807) is 19.2 Å². The molecule has 0 spiro atoms. The summed E-state index contributed by atoms with van der Waals surface area (Å²) in [6.07, 6.45) is 4.37. The molecule has 0 amide bonds. The van der Waals surface area contributed by atoms with Crippen LogP contribution in [0.2, 0.25) is 0 Å². The summed E-state index contributed by atoms with van der Waals surface area (Å²) < 4.78 is 21.9. The lowest BCUT2D eigenvalue weighted by atomic mass is 9.73. The Morgan fingerprint density at radius 2 is 1.73 bits per heavy atom. The van der Waals surface area contributed by atoms with Gasteiger partial charge in [-0.1, -0.05) is 0 Å². The molecule has 1 aliphatic carbocycles. The minimum absolute atomic E-state index is 0.00552. The Kier molecular flexibility index (Phi) is 5.91. The third kappa shape index (κ3) is 3.75. The fourth-order valence-electron chi connectivity index (χ4n) is 4.37. The van der Waals surface area contributed by atoms with Gasteiger partial charge in [-0.3, -0.25) is 0 Å². The molecular formula is C20H29NO5. The molecule has 1 unspecified atom stereocenters. The summed E-state index contributed by atoms with van der Waals surface area (Å²) in [4.78, 5) is 15.2. The number of piperidine rings is 1. The Labute approximate surface area is 155 Å². The van der Waals surface area contributed by atoms with Crippen molar-refractivity contribution in [1.29, 1.82) is 0 Å². The second-order valence-corrected chi connectivity index (χ2v) is 7.26. The van der Waals surface area contributed by atoms with Crippen molar-refractivity contribution in [3.63, 3.8) is 0 Å². The van der Waals surface area contributed by atoms with Crippen molar-refractivity contribution in [2.24, 2.45) is 11.8 Å². The van der Waals surface area contributed by atoms with Gasteiger partial charge < -0.3 is 23.8 Å². The number of benzene rings is 1.